The van der Waals surface area contributed by atoms with Gasteiger partial charge in [-0.15, -0.1) is 0 Å². The molecule has 2 fully saturated rings. The molecule has 1 saturated heterocycles. The molecule has 10 heteroatoms. The number of hydrogen-bond donors (Lipinski definition) is 1. The summed E-state index contributed by atoms with van der Waals surface area (Å²) >= 11 is 0. The van der Waals surface area contributed by atoms with Gasteiger partial charge in [-0.3, -0.25) is 4.98 Å². The van der Waals surface area contributed by atoms with Crippen LogP contribution in [0.2, 0.25) is 0 Å². The predicted molar refractivity (Wildman–Crippen MR) is 124 cm³/mol. The fourth-order valence-electron chi connectivity index (χ4n) is 4.41. The Morgan fingerprint density at radius 3 is 2.56 bits per heavy atom. The summed E-state index contributed by atoms with van der Waals surface area (Å²) in [5, 5.41) is 3.89. The monoisotopic (exact) mass is 471 g/mol. The second-order valence-corrected chi connectivity index (χ2v) is 8.55. The summed E-state index contributed by atoms with van der Waals surface area (Å²) in [6.45, 7) is 2.84. The van der Waals surface area contributed by atoms with E-state index in [0.717, 1.165) is 67.8 Å². The van der Waals surface area contributed by atoms with E-state index in [2.05, 4.69) is 20.2 Å². The van der Waals surface area contributed by atoms with Gasteiger partial charge in [-0.05, 0) is 31.7 Å². The molecule has 5 rings (SSSR count). The zero-order valence-electron chi connectivity index (χ0n) is 19.0. The van der Waals surface area contributed by atoms with Crippen LogP contribution in [0.4, 0.5) is 20.4 Å². The van der Waals surface area contributed by atoms with Crippen LogP contribution in [0.25, 0.3) is 10.9 Å². The average Bonchev–Trinajstić information content (AvgIpc) is 2.87. The highest BCUT2D eigenvalue weighted by atomic mass is 19.1. The summed E-state index contributed by atoms with van der Waals surface area (Å²) < 4.78 is 44.3. The maximum atomic E-state index is 13.9. The zero-order chi connectivity index (χ0) is 23.5. The highest BCUT2D eigenvalue weighted by molar-refractivity contribution is 5.87. The standard InChI is InChI=1S/C24H27F2N5O3/c1-32-18-11-19-21(27-14-18)12-22(31-6-8-33-9-7-31)30-24(19)34-17-4-2-16(3-5-17)29-23-20(26)10-15(25)13-28-23/h10-14,16-17H,2-9H2,1H3,(H,28,29). The number of morpholine rings is 1. The number of nitrogens with zero attached hydrogens (tertiary/aromatic N) is 4. The van der Waals surface area contributed by atoms with E-state index in [1.165, 1.54) is 0 Å². The Labute approximate surface area is 196 Å². The molecule has 0 unspecified atom stereocenters. The lowest BCUT2D eigenvalue weighted by atomic mass is 9.93. The van der Waals surface area contributed by atoms with Crippen molar-refractivity contribution >= 4 is 22.5 Å². The van der Waals surface area contributed by atoms with Crippen LogP contribution >= 0.6 is 0 Å². The molecule has 1 aliphatic heterocycles. The van der Waals surface area contributed by atoms with Crippen molar-refractivity contribution in [3.8, 4) is 11.6 Å². The number of methoxy groups -OCH3 is 1. The Balaban J connectivity index is 1.31. The van der Waals surface area contributed by atoms with Gasteiger partial charge in [0.05, 0.1) is 43.6 Å². The molecule has 0 amide bonds. The van der Waals surface area contributed by atoms with Crippen molar-refractivity contribution in [1.82, 2.24) is 15.0 Å². The van der Waals surface area contributed by atoms with E-state index in [9.17, 15) is 8.78 Å². The molecular weight excluding hydrogens is 444 g/mol. The number of fused-ring (bicyclic) bond motifs is 1. The minimum absolute atomic E-state index is 0.0362. The van der Waals surface area contributed by atoms with Gasteiger partial charge >= 0.3 is 0 Å². The minimum atomic E-state index is -0.690. The molecule has 3 aromatic heterocycles. The normalized spacial score (nSPS) is 20.9. The van der Waals surface area contributed by atoms with Gasteiger partial charge in [0.1, 0.15) is 23.5 Å². The van der Waals surface area contributed by atoms with Gasteiger partial charge in [-0.2, -0.15) is 4.98 Å². The molecule has 0 radical (unpaired) electrons. The molecule has 1 aliphatic carbocycles. The smallest absolute Gasteiger partial charge is 0.225 e. The molecule has 0 spiro atoms. The van der Waals surface area contributed by atoms with Gasteiger partial charge in [0, 0.05) is 31.3 Å². The van der Waals surface area contributed by atoms with Gasteiger partial charge in [0.2, 0.25) is 5.88 Å². The van der Waals surface area contributed by atoms with Crippen LogP contribution in [0.15, 0.2) is 30.6 Å². The van der Waals surface area contributed by atoms with Crippen molar-refractivity contribution in [2.24, 2.45) is 0 Å². The number of anilines is 2. The van der Waals surface area contributed by atoms with Crippen LogP contribution in [0.1, 0.15) is 25.7 Å². The number of halogens is 2. The lowest BCUT2D eigenvalue weighted by molar-refractivity contribution is 0.122. The third kappa shape index (κ3) is 4.96. The van der Waals surface area contributed by atoms with Crippen LogP contribution in [-0.2, 0) is 4.74 Å². The molecule has 3 aromatic rings. The number of hydrogen-bond acceptors (Lipinski definition) is 8. The van der Waals surface area contributed by atoms with Crippen LogP contribution in [-0.4, -0.2) is 60.5 Å². The molecule has 0 atom stereocenters. The fourth-order valence-corrected chi connectivity index (χ4v) is 4.41. The van der Waals surface area contributed by atoms with Gasteiger partial charge in [0.25, 0.3) is 0 Å². The van der Waals surface area contributed by atoms with E-state index in [-0.39, 0.29) is 18.0 Å². The summed E-state index contributed by atoms with van der Waals surface area (Å²) in [7, 11) is 1.60. The third-order valence-electron chi connectivity index (χ3n) is 6.28. The minimum Gasteiger partial charge on any atom is -0.495 e. The number of pyridine rings is 3. The van der Waals surface area contributed by atoms with Crippen molar-refractivity contribution in [3.63, 3.8) is 0 Å². The Morgan fingerprint density at radius 1 is 1.03 bits per heavy atom. The summed E-state index contributed by atoms with van der Waals surface area (Å²) in [5.41, 5.74) is 0.792. The highest BCUT2D eigenvalue weighted by Gasteiger charge is 2.25. The number of aromatic nitrogens is 3. The van der Waals surface area contributed by atoms with Crippen LogP contribution in [0, 0.1) is 11.6 Å². The zero-order valence-corrected chi connectivity index (χ0v) is 19.0. The molecule has 1 saturated carbocycles. The molecule has 1 N–H and O–H groups in total. The summed E-state index contributed by atoms with van der Waals surface area (Å²) in [6, 6.07) is 4.74. The van der Waals surface area contributed by atoms with E-state index in [4.69, 9.17) is 19.2 Å². The molecule has 0 aromatic carbocycles. The van der Waals surface area contributed by atoms with Crippen molar-refractivity contribution in [1.29, 1.82) is 0 Å². The van der Waals surface area contributed by atoms with Crippen molar-refractivity contribution in [2.45, 2.75) is 37.8 Å². The molecule has 4 heterocycles. The lowest BCUT2D eigenvalue weighted by Gasteiger charge is -2.31. The lowest BCUT2D eigenvalue weighted by Crippen LogP contribution is -2.37. The summed E-state index contributed by atoms with van der Waals surface area (Å²) in [5.74, 6) is 0.695. The average molecular weight is 472 g/mol. The second-order valence-electron chi connectivity index (χ2n) is 8.55. The number of nitrogens with one attached hydrogen (secondary N) is 1. The molecule has 34 heavy (non-hydrogen) atoms. The first-order valence-electron chi connectivity index (χ1n) is 11.5. The molecule has 180 valence electrons. The van der Waals surface area contributed by atoms with Gasteiger partial charge in [-0.25, -0.2) is 13.8 Å². The molecule has 2 aliphatic rings. The quantitative estimate of drug-likeness (QED) is 0.579. The molecular formula is C24H27F2N5O3. The van der Waals surface area contributed by atoms with Gasteiger partial charge in [0.15, 0.2) is 11.6 Å². The number of rotatable bonds is 6. The van der Waals surface area contributed by atoms with Crippen molar-refractivity contribution in [3.05, 3.63) is 42.2 Å². The topological polar surface area (TPSA) is 81.6 Å². The van der Waals surface area contributed by atoms with Crippen molar-refractivity contribution < 1.29 is 23.0 Å². The first-order valence-corrected chi connectivity index (χ1v) is 11.5. The highest BCUT2D eigenvalue weighted by Crippen LogP contribution is 2.33. The Hall–Kier alpha value is -3.27. The molecule has 0 bridgehead atoms. The Kier molecular flexibility index (Phi) is 6.57. The summed E-state index contributed by atoms with van der Waals surface area (Å²) in [4.78, 5) is 15.4. The van der Waals surface area contributed by atoms with Crippen LogP contribution < -0.4 is 19.7 Å². The SMILES string of the molecule is COc1cnc2cc(N3CCOCC3)nc(OC3CCC(Nc4ncc(F)cc4F)CC3)c2c1. The maximum Gasteiger partial charge on any atom is 0.225 e. The van der Waals surface area contributed by atoms with Gasteiger partial charge in [-0.1, -0.05) is 0 Å². The summed E-state index contributed by atoms with van der Waals surface area (Å²) in [6.07, 6.45) is 5.74. The largest absolute Gasteiger partial charge is 0.495 e. The third-order valence-corrected chi connectivity index (χ3v) is 6.28. The second kappa shape index (κ2) is 9.92. The Morgan fingerprint density at radius 2 is 1.82 bits per heavy atom. The first kappa shape index (κ1) is 22.5. The van der Waals surface area contributed by atoms with Crippen LogP contribution in [0.3, 0.4) is 0 Å². The first-order chi connectivity index (χ1) is 16.6. The fraction of sp³-hybridized carbons (Fsp3) is 0.458. The van der Waals surface area contributed by atoms with Gasteiger partial charge < -0.3 is 24.4 Å². The van der Waals surface area contributed by atoms with E-state index >= 15 is 0 Å². The van der Waals surface area contributed by atoms with Crippen molar-refractivity contribution in [2.75, 3.05) is 43.6 Å². The van der Waals surface area contributed by atoms with E-state index in [1.54, 1.807) is 13.3 Å². The van der Waals surface area contributed by atoms with Crippen LogP contribution in [0.5, 0.6) is 11.6 Å². The maximum absolute atomic E-state index is 13.9. The Bertz CT molecular complexity index is 1150. The van der Waals surface area contributed by atoms with E-state index in [1.807, 2.05) is 12.1 Å². The number of ether oxygens (including phenoxy) is 3. The predicted octanol–water partition coefficient (Wildman–Crippen LogP) is 3.95. The van der Waals surface area contributed by atoms with E-state index in [0.29, 0.717) is 24.8 Å². The van der Waals surface area contributed by atoms with E-state index < -0.39 is 11.6 Å². The molecule has 8 nitrogen and oxygen atoms in total.